The van der Waals surface area contributed by atoms with Crippen LogP contribution in [0.15, 0.2) is 18.2 Å². The molecule has 0 radical (unpaired) electrons. The normalized spacial score (nSPS) is 10.5. The van der Waals surface area contributed by atoms with Crippen LogP contribution in [-0.4, -0.2) is 33.9 Å². The van der Waals surface area contributed by atoms with E-state index in [0.29, 0.717) is 0 Å². The van der Waals surface area contributed by atoms with Crippen LogP contribution in [-0.2, 0) is 11.2 Å². The third-order valence-corrected chi connectivity index (χ3v) is 2.83. The summed E-state index contributed by atoms with van der Waals surface area (Å²) in [6.45, 7) is 4.88. The molecule has 0 fully saturated rings. The smallest absolute Gasteiger partial charge is 0.119 e. The summed E-state index contributed by atoms with van der Waals surface area (Å²) < 4.78 is 10.2. The number of hydrogen-bond donors (Lipinski definition) is 1. The highest BCUT2D eigenvalue weighted by Crippen LogP contribution is 2.17. The quantitative estimate of drug-likeness (QED) is 0.703. The van der Waals surface area contributed by atoms with E-state index >= 15 is 0 Å². The average Bonchev–Trinajstić information content (AvgIpc) is 2.35. The van der Waals surface area contributed by atoms with Crippen molar-refractivity contribution in [1.82, 2.24) is 5.32 Å². The minimum Gasteiger partial charge on any atom is -0.497 e. The second kappa shape index (κ2) is 8.09. The zero-order valence-corrected chi connectivity index (χ0v) is 11.1. The van der Waals surface area contributed by atoms with Gasteiger partial charge in [0.05, 0.1) is 13.7 Å². The molecule has 0 aliphatic rings. The molecule has 1 aromatic rings. The third-order valence-electron chi connectivity index (χ3n) is 2.83. The third kappa shape index (κ3) is 5.20. The first kappa shape index (κ1) is 14.0. The minimum atomic E-state index is 0.779. The molecule has 0 aromatic heterocycles. The molecule has 0 amide bonds. The van der Waals surface area contributed by atoms with E-state index in [-0.39, 0.29) is 0 Å². The molecule has 1 aromatic carbocycles. The maximum absolute atomic E-state index is 5.19. The minimum absolute atomic E-state index is 0.779. The van der Waals surface area contributed by atoms with E-state index < -0.39 is 0 Å². The van der Waals surface area contributed by atoms with Crippen molar-refractivity contribution in [3.63, 3.8) is 0 Å². The van der Waals surface area contributed by atoms with Crippen LogP contribution >= 0.6 is 0 Å². The van der Waals surface area contributed by atoms with E-state index in [9.17, 15) is 0 Å². The van der Waals surface area contributed by atoms with Crippen molar-refractivity contribution in [2.45, 2.75) is 19.8 Å². The molecule has 1 N–H and O–H groups in total. The van der Waals surface area contributed by atoms with Gasteiger partial charge in [-0.25, -0.2) is 0 Å². The molecular weight excluding hydrogens is 214 g/mol. The lowest BCUT2D eigenvalue weighted by Gasteiger charge is -2.08. The van der Waals surface area contributed by atoms with E-state index in [1.807, 2.05) is 6.07 Å². The Morgan fingerprint density at radius 2 is 2.00 bits per heavy atom. The molecule has 0 aliphatic heterocycles. The predicted molar refractivity (Wildman–Crippen MR) is 70.8 cm³/mol. The molecule has 0 aliphatic carbocycles. The maximum atomic E-state index is 5.19. The summed E-state index contributed by atoms with van der Waals surface area (Å²) in [7, 11) is 3.43. The molecule has 17 heavy (non-hydrogen) atoms. The van der Waals surface area contributed by atoms with Crippen LogP contribution in [0.4, 0.5) is 0 Å². The van der Waals surface area contributed by atoms with Gasteiger partial charge >= 0.3 is 0 Å². The average molecular weight is 237 g/mol. The van der Waals surface area contributed by atoms with Crippen LogP contribution in [0, 0.1) is 6.92 Å². The molecular formula is C14H23NO2. The molecule has 96 valence electrons. The number of benzene rings is 1. The SMILES string of the molecule is COCCNCCCc1ccc(OC)cc1C. The second-order valence-electron chi connectivity index (χ2n) is 4.14. The van der Waals surface area contributed by atoms with Crippen LogP contribution in [0.2, 0.25) is 0 Å². The summed E-state index contributed by atoms with van der Waals surface area (Å²) in [6, 6.07) is 6.28. The highest BCUT2D eigenvalue weighted by atomic mass is 16.5. The van der Waals surface area contributed by atoms with Gasteiger partial charge in [-0.1, -0.05) is 6.07 Å². The fraction of sp³-hybridized carbons (Fsp3) is 0.571. The van der Waals surface area contributed by atoms with E-state index in [4.69, 9.17) is 9.47 Å². The van der Waals surface area contributed by atoms with Crippen molar-refractivity contribution in [3.8, 4) is 5.75 Å². The van der Waals surface area contributed by atoms with Crippen molar-refractivity contribution in [3.05, 3.63) is 29.3 Å². The lowest BCUT2D eigenvalue weighted by Crippen LogP contribution is -2.20. The molecule has 0 atom stereocenters. The summed E-state index contributed by atoms with van der Waals surface area (Å²) in [5.41, 5.74) is 2.71. The van der Waals surface area contributed by atoms with Crippen LogP contribution in [0.1, 0.15) is 17.5 Å². The highest BCUT2D eigenvalue weighted by molar-refractivity contribution is 5.34. The summed E-state index contributed by atoms with van der Waals surface area (Å²) in [5, 5.41) is 3.35. The van der Waals surface area contributed by atoms with Gasteiger partial charge in [0.2, 0.25) is 0 Å². The van der Waals surface area contributed by atoms with Gasteiger partial charge in [-0.2, -0.15) is 0 Å². The van der Waals surface area contributed by atoms with Crippen molar-refractivity contribution in [1.29, 1.82) is 0 Å². The predicted octanol–water partition coefficient (Wildman–Crippen LogP) is 2.17. The second-order valence-corrected chi connectivity index (χ2v) is 4.14. The number of nitrogens with one attached hydrogen (secondary N) is 1. The Bertz CT molecular complexity index is 326. The van der Waals surface area contributed by atoms with E-state index in [1.165, 1.54) is 11.1 Å². The first-order valence-corrected chi connectivity index (χ1v) is 6.11. The highest BCUT2D eigenvalue weighted by Gasteiger charge is 2.00. The Hall–Kier alpha value is -1.06. The fourth-order valence-corrected chi connectivity index (χ4v) is 1.78. The number of hydrogen-bond acceptors (Lipinski definition) is 3. The molecule has 0 spiro atoms. The lowest BCUT2D eigenvalue weighted by atomic mass is 10.0. The Morgan fingerprint density at radius 1 is 1.18 bits per heavy atom. The van der Waals surface area contributed by atoms with Crippen LogP contribution in [0.5, 0.6) is 5.75 Å². The Labute approximate surface area is 104 Å². The Kier molecular flexibility index (Phi) is 6.67. The standard InChI is InChI=1S/C14H23NO2/c1-12-11-14(17-3)7-6-13(12)5-4-8-15-9-10-16-2/h6-7,11,15H,4-5,8-10H2,1-3H3. The zero-order valence-electron chi connectivity index (χ0n) is 11.1. The maximum Gasteiger partial charge on any atom is 0.119 e. The summed E-state index contributed by atoms with van der Waals surface area (Å²) >= 11 is 0. The van der Waals surface area contributed by atoms with Gasteiger partial charge in [0.25, 0.3) is 0 Å². The van der Waals surface area contributed by atoms with Crippen molar-refractivity contribution >= 4 is 0 Å². The molecule has 0 unspecified atom stereocenters. The van der Waals surface area contributed by atoms with Crippen molar-refractivity contribution in [2.75, 3.05) is 33.9 Å². The van der Waals surface area contributed by atoms with Gasteiger partial charge < -0.3 is 14.8 Å². The summed E-state index contributed by atoms with van der Waals surface area (Å²) in [5.74, 6) is 0.935. The number of ether oxygens (including phenoxy) is 2. The number of aryl methyl sites for hydroxylation is 2. The fourth-order valence-electron chi connectivity index (χ4n) is 1.78. The lowest BCUT2D eigenvalue weighted by molar-refractivity contribution is 0.199. The molecule has 1 rings (SSSR count). The topological polar surface area (TPSA) is 30.5 Å². The van der Waals surface area contributed by atoms with E-state index in [0.717, 1.165) is 38.3 Å². The molecule has 3 nitrogen and oxygen atoms in total. The number of methoxy groups -OCH3 is 2. The molecule has 3 heteroatoms. The largest absolute Gasteiger partial charge is 0.497 e. The van der Waals surface area contributed by atoms with Gasteiger partial charge in [0.15, 0.2) is 0 Å². The van der Waals surface area contributed by atoms with Crippen LogP contribution in [0.3, 0.4) is 0 Å². The summed E-state index contributed by atoms with van der Waals surface area (Å²) in [6.07, 6.45) is 2.26. The Balaban J connectivity index is 2.27. The van der Waals surface area contributed by atoms with Gasteiger partial charge in [-0.05, 0) is 49.6 Å². The first-order chi connectivity index (χ1) is 8.27. The molecule has 0 saturated heterocycles. The zero-order chi connectivity index (χ0) is 12.5. The van der Waals surface area contributed by atoms with Gasteiger partial charge in [0.1, 0.15) is 5.75 Å². The molecule has 0 saturated carbocycles. The van der Waals surface area contributed by atoms with Crippen molar-refractivity contribution < 1.29 is 9.47 Å². The first-order valence-electron chi connectivity index (χ1n) is 6.11. The van der Waals surface area contributed by atoms with Gasteiger partial charge in [-0.15, -0.1) is 0 Å². The van der Waals surface area contributed by atoms with Gasteiger partial charge in [-0.3, -0.25) is 0 Å². The molecule has 0 bridgehead atoms. The number of rotatable bonds is 8. The monoisotopic (exact) mass is 237 g/mol. The summed E-state index contributed by atoms with van der Waals surface area (Å²) in [4.78, 5) is 0. The van der Waals surface area contributed by atoms with Gasteiger partial charge in [0, 0.05) is 13.7 Å². The van der Waals surface area contributed by atoms with E-state index in [1.54, 1.807) is 14.2 Å². The Morgan fingerprint density at radius 3 is 2.65 bits per heavy atom. The van der Waals surface area contributed by atoms with E-state index in [2.05, 4.69) is 24.4 Å². The van der Waals surface area contributed by atoms with Crippen molar-refractivity contribution in [2.24, 2.45) is 0 Å². The van der Waals surface area contributed by atoms with Crippen LogP contribution < -0.4 is 10.1 Å². The van der Waals surface area contributed by atoms with Crippen LogP contribution in [0.25, 0.3) is 0 Å². The molecule has 0 heterocycles.